The van der Waals surface area contributed by atoms with Crippen LogP contribution in [0.25, 0.3) is 0 Å². The molecule has 0 saturated carbocycles. The van der Waals surface area contributed by atoms with Gasteiger partial charge >= 0.3 is 0 Å². The zero-order valence-corrected chi connectivity index (χ0v) is 11.7. The lowest BCUT2D eigenvalue weighted by atomic mass is 9.94. The average molecular weight is 240 g/mol. The van der Waals surface area contributed by atoms with Crippen LogP contribution in [-0.4, -0.2) is 50.3 Å². The molecule has 1 rings (SSSR count). The first-order chi connectivity index (χ1) is 8.13. The second-order valence-electron chi connectivity index (χ2n) is 5.24. The number of hydrogen-bond donors (Lipinski definition) is 1. The lowest BCUT2D eigenvalue weighted by Crippen LogP contribution is -2.48. The van der Waals surface area contributed by atoms with Gasteiger partial charge in [0.2, 0.25) is 0 Å². The molecule has 17 heavy (non-hydrogen) atoms. The molecular weight excluding hydrogens is 212 g/mol. The van der Waals surface area contributed by atoms with Crippen molar-refractivity contribution in [2.24, 2.45) is 5.92 Å². The van der Waals surface area contributed by atoms with Crippen molar-refractivity contribution < 1.29 is 4.74 Å². The van der Waals surface area contributed by atoms with E-state index >= 15 is 0 Å². The van der Waals surface area contributed by atoms with Gasteiger partial charge in [-0.15, -0.1) is 0 Å². The number of nitrogens with zero attached hydrogens (tertiary/aromatic N) is 1. The average Bonchev–Trinajstić information content (AvgIpc) is 2.28. The summed E-state index contributed by atoms with van der Waals surface area (Å²) in [5.41, 5.74) is 1.10. The molecule has 1 aliphatic heterocycles. The quantitative estimate of drug-likeness (QED) is 0.543. The molecule has 3 heteroatoms. The second kappa shape index (κ2) is 7.85. The topological polar surface area (TPSA) is 24.5 Å². The van der Waals surface area contributed by atoms with Crippen LogP contribution in [0.5, 0.6) is 0 Å². The van der Waals surface area contributed by atoms with Crippen LogP contribution in [0, 0.1) is 5.92 Å². The fraction of sp³-hybridized carbons (Fsp3) is 0.857. The highest BCUT2D eigenvalue weighted by atomic mass is 16.5. The van der Waals surface area contributed by atoms with E-state index in [0.29, 0.717) is 12.6 Å². The summed E-state index contributed by atoms with van der Waals surface area (Å²) in [6.45, 7) is 16.4. The molecule has 1 N–H and O–H groups in total. The Labute approximate surface area is 106 Å². The van der Waals surface area contributed by atoms with Crippen molar-refractivity contribution in [2.75, 3.05) is 39.4 Å². The number of ether oxygens (including phenoxy) is 1. The molecule has 2 atom stereocenters. The molecule has 0 aromatic rings. The van der Waals surface area contributed by atoms with Crippen LogP contribution < -0.4 is 5.32 Å². The fourth-order valence-electron chi connectivity index (χ4n) is 2.44. The number of piperidine rings is 1. The van der Waals surface area contributed by atoms with Gasteiger partial charge in [-0.3, -0.25) is 0 Å². The van der Waals surface area contributed by atoms with Crippen molar-refractivity contribution in [2.45, 2.75) is 33.2 Å². The molecule has 0 bridgehead atoms. The largest absolute Gasteiger partial charge is 0.376 e. The summed E-state index contributed by atoms with van der Waals surface area (Å²) in [6, 6.07) is 0.701. The number of likely N-dealkylation sites (tertiary alicyclic amines) is 1. The third-order valence-corrected chi connectivity index (χ3v) is 3.36. The molecule has 0 spiro atoms. The standard InChI is InChI=1S/C14H28N2O/c1-5-15-14-6-7-16(10-13(14)4)8-9-17-11-12(2)3/h13-15H,2,5-11H2,1,3-4H3. The minimum absolute atomic E-state index is 0.698. The fourth-order valence-corrected chi connectivity index (χ4v) is 2.44. The number of rotatable bonds is 7. The maximum absolute atomic E-state index is 5.55. The molecule has 2 unspecified atom stereocenters. The molecule has 0 aromatic heterocycles. The first-order valence-corrected chi connectivity index (χ1v) is 6.81. The molecule has 0 aromatic carbocycles. The SMILES string of the molecule is C=C(C)COCCN1CCC(NCC)C(C)C1. The molecule has 100 valence electrons. The maximum Gasteiger partial charge on any atom is 0.0672 e. The Kier molecular flexibility index (Phi) is 6.78. The predicted molar refractivity (Wildman–Crippen MR) is 73.3 cm³/mol. The van der Waals surface area contributed by atoms with Crippen molar-refractivity contribution in [3.8, 4) is 0 Å². The van der Waals surface area contributed by atoms with E-state index in [0.717, 1.165) is 31.2 Å². The van der Waals surface area contributed by atoms with Crippen molar-refractivity contribution in [3.63, 3.8) is 0 Å². The predicted octanol–water partition coefficient (Wildman–Crippen LogP) is 1.90. The summed E-state index contributed by atoms with van der Waals surface area (Å²) >= 11 is 0. The van der Waals surface area contributed by atoms with E-state index in [1.807, 2.05) is 6.92 Å². The van der Waals surface area contributed by atoms with Crippen molar-refractivity contribution in [1.29, 1.82) is 0 Å². The third kappa shape index (κ3) is 5.66. The molecule has 1 aliphatic rings. The normalized spacial score (nSPS) is 26.1. The second-order valence-corrected chi connectivity index (χ2v) is 5.24. The summed E-state index contributed by atoms with van der Waals surface area (Å²) in [5.74, 6) is 0.741. The summed E-state index contributed by atoms with van der Waals surface area (Å²) < 4.78 is 5.55. The van der Waals surface area contributed by atoms with Gasteiger partial charge in [0.25, 0.3) is 0 Å². The Morgan fingerprint density at radius 1 is 1.53 bits per heavy atom. The minimum atomic E-state index is 0.698. The Hall–Kier alpha value is -0.380. The maximum atomic E-state index is 5.55. The first kappa shape index (κ1) is 14.7. The van der Waals surface area contributed by atoms with Crippen LogP contribution in [-0.2, 0) is 4.74 Å². The van der Waals surface area contributed by atoms with Crippen LogP contribution >= 0.6 is 0 Å². The Bertz CT molecular complexity index is 230. The van der Waals surface area contributed by atoms with E-state index in [4.69, 9.17) is 4.74 Å². The van der Waals surface area contributed by atoms with E-state index in [2.05, 4.69) is 30.6 Å². The number of hydrogen-bond acceptors (Lipinski definition) is 3. The minimum Gasteiger partial charge on any atom is -0.376 e. The Balaban J connectivity index is 2.14. The van der Waals surface area contributed by atoms with Gasteiger partial charge in [0, 0.05) is 19.1 Å². The van der Waals surface area contributed by atoms with E-state index in [-0.39, 0.29) is 0 Å². The van der Waals surface area contributed by atoms with Crippen LogP contribution in [0.2, 0.25) is 0 Å². The molecule has 3 nitrogen and oxygen atoms in total. The van der Waals surface area contributed by atoms with E-state index in [1.54, 1.807) is 0 Å². The first-order valence-electron chi connectivity index (χ1n) is 6.81. The van der Waals surface area contributed by atoms with Crippen LogP contribution in [0.1, 0.15) is 27.2 Å². The Morgan fingerprint density at radius 3 is 2.88 bits per heavy atom. The van der Waals surface area contributed by atoms with Gasteiger partial charge in [0.05, 0.1) is 13.2 Å². The summed E-state index contributed by atoms with van der Waals surface area (Å²) in [7, 11) is 0. The lowest BCUT2D eigenvalue weighted by Gasteiger charge is -2.37. The molecule has 1 heterocycles. The van der Waals surface area contributed by atoms with Crippen LogP contribution in [0.4, 0.5) is 0 Å². The highest BCUT2D eigenvalue weighted by molar-refractivity contribution is 4.87. The highest BCUT2D eigenvalue weighted by Crippen LogP contribution is 2.16. The van der Waals surface area contributed by atoms with Gasteiger partial charge in [0.1, 0.15) is 0 Å². The van der Waals surface area contributed by atoms with E-state index in [9.17, 15) is 0 Å². The van der Waals surface area contributed by atoms with E-state index < -0.39 is 0 Å². The van der Waals surface area contributed by atoms with Gasteiger partial charge in [-0.05, 0) is 32.4 Å². The zero-order valence-electron chi connectivity index (χ0n) is 11.7. The molecular formula is C14H28N2O. The van der Waals surface area contributed by atoms with Crippen molar-refractivity contribution in [1.82, 2.24) is 10.2 Å². The molecule has 0 radical (unpaired) electrons. The van der Waals surface area contributed by atoms with Crippen molar-refractivity contribution in [3.05, 3.63) is 12.2 Å². The smallest absolute Gasteiger partial charge is 0.0672 e. The molecule has 0 amide bonds. The summed E-state index contributed by atoms with van der Waals surface area (Å²) in [4.78, 5) is 2.51. The molecule has 1 fully saturated rings. The monoisotopic (exact) mass is 240 g/mol. The van der Waals surface area contributed by atoms with Gasteiger partial charge < -0.3 is 15.0 Å². The van der Waals surface area contributed by atoms with Crippen LogP contribution in [0.15, 0.2) is 12.2 Å². The van der Waals surface area contributed by atoms with Crippen molar-refractivity contribution >= 4 is 0 Å². The molecule has 0 aliphatic carbocycles. The van der Waals surface area contributed by atoms with Crippen LogP contribution in [0.3, 0.4) is 0 Å². The zero-order chi connectivity index (χ0) is 12.7. The van der Waals surface area contributed by atoms with Gasteiger partial charge in [-0.2, -0.15) is 0 Å². The number of nitrogens with one attached hydrogen (secondary N) is 1. The Morgan fingerprint density at radius 2 is 2.29 bits per heavy atom. The highest BCUT2D eigenvalue weighted by Gasteiger charge is 2.24. The van der Waals surface area contributed by atoms with Gasteiger partial charge in [0.15, 0.2) is 0 Å². The summed E-state index contributed by atoms with van der Waals surface area (Å²) in [6.07, 6.45) is 1.26. The molecule has 1 saturated heterocycles. The van der Waals surface area contributed by atoms with E-state index in [1.165, 1.54) is 19.5 Å². The van der Waals surface area contributed by atoms with Gasteiger partial charge in [-0.1, -0.05) is 26.0 Å². The summed E-state index contributed by atoms with van der Waals surface area (Å²) in [5, 5.41) is 3.57. The third-order valence-electron chi connectivity index (χ3n) is 3.36. The van der Waals surface area contributed by atoms with Gasteiger partial charge in [-0.25, -0.2) is 0 Å². The lowest BCUT2D eigenvalue weighted by molar-refractivity contribution is 0.0880.